The quantitative estimate of drug-likeness (QED) is 0.795. The lowest BCUT2D eigenvalue weighted by atomic mass is 10.1. The third-order valence-electron chi connectivity index (χ3n) is 3.16. The first kappa shape index (κ1) is 15.9. The minimum absolute atomic E-state index is 0.109. The van der Waals surface area contributed by atoms with Gasteiger partial charge in [0.2, 0.25) is 0 Å². The van der Waals surface area contributed by atoms with Crippen molar-refractivity contribution in [3.63, 3.8) is 0 Å². The maximum atomic E-state index is 12.1. The van der Waals surface area contributed by atoms with E-state index in [4.69, 9.17) is 0 Å². The molecule has 0 aliphatic rings. The molecular formula is C16H16BrF2NO. The van der Waals surface area contributed by atoms with Crippen LogP contribution in [0.15, 0.2) is 53.0 Å². The van der Waals surface area contributed by atoms with Gasteiger partial charge in [-0.3, -0.25) is 0 Å². The molecule has 0 amide bonds. The molecule has 0 heterocycles. The number of ether oxygens (including phenoxy) is 1. The average molecular weight is 356 g/mol. The van der Waals surface area contributed by atoms with Crippen LogP contribution in [0.3, 0.4) is 0 Å². The molecule has 0 bridgehead atoms. The fraction of sp³-hybridized carbons (Fsp3) is 0.250. The molecule has 0 radical (unpaired) electrons. The van der Waals surface area contributed by atoms with Crippen LogP contribution < -0.4 is 10.1 Å². The zero-order valence-corrected chi connectivity index (χ0v) is 13.1. The largest absolute Gasteiger partial charge is 0.435 e. The van der Waals surface area contributed by atoms with Crippen LogP contribution in [-0.2, 0) is 6.54 Å². The Labute approximate surface area is 131 Å². The van der Waals surface area contributed by atoms with Gasteiger partial charge in [-0.15, -0.1) is 0 Å². The van der Waals surface area contributed by atoms with E-state index in [1.54, 1.807) is 24.3 Å². The van der Waals surface area contributed by atoms with Gasteiger partial charge in [-0.25, -0.2) is 0 Å². The number of rotatable bonds is 6. The maximum Gasteiger partial charge on any atom is 0.387 e. The minimum atomic E-state index is -2.79. The normalized spacial score (nSPS) is 12.4. The van der Waals surface area contributed by atoms with Crippen LogP contribution in [0.25, 0.3) is 0 Å². The molecular weight excluding hydrogens is 340 g/mol. The average Bonchev–Trinajstić information content (AvgIpc) is 2.46. The van der Waals surface area contributed by atoms with Gasteiger partial charge in [-0.05, 0) is 36.2 Å². The molecule has 0 aliphatic carbocycles. The summed E-state index contributed by atoms with van der Waals surface area (Å²) in [6.07, 6.45) is 0. The highest BCUT2D eigenvalue weighted by atomic mass is 79.9. The minimum Gasteiger partial charge on any atom is -0.435 e. The lowest BCUT2D eigenvalue weighted by Crippen LogP contribution is -2.18. The van der Waals surface area contributed by atoms with E-state index in [0.717, 1.165) is 16.6 Å². The van der Waals surface area contributed by atoms with Crippen LogP contribution in [0.4, 0.5) is 8.78 Å². The Hall–Kier alpha value is -1.46. The summed E-state index contributed by atoms with van der Waals surface area (Å²) in [4.78, 5) is 0. The Balaban J connectivity index is 1.94. The van der Waals surface area contributed by atoms with E-state index >= 15 is 0 Å². The Kier molecular flexibility index (Phi) is 5.70. The summed E-state index contributed by atoms with van der Waals surface area (Å²) < 4.78 is 29.6. The van der Waals surface area contributed by atoms with Gasteiger partial charge in [0, 0.05) is 17.1 Å². The van der Waals surface area contributed by atoms with Crippen molar-refractivity contribution in [2.24, 2.45) is 0 Å². The molecule has 2 aromatic carbocycles. The predicted octanol–water partition coefficient (Wildman–Crippen LogP) is 4.90. The first-order chi connectivity index (χ1) is 10.1. The fourth-order valence-corrected chi connectivity index (χ4v) is 2.39. The Bertz CT molecular complexity index is 575. The van der Waals surface area contributed by atoms with E-state index < -0.39 is 6.61 Å². The summed E-state index contributed by atoms with van der Waals surface area (Å²) >= 11 is 3.51. The topological polar surface area (TPSA) is 21.3 Å². The van der Waals surface area contributed by atoms with E-state index in [1.807, 2.05) is 31.2 Å². The Morgan fingerprint density at radius 1 is 1.10 bits per heavy atom. The van der Waals surface area contributed by atoms with Crippen LogP contribution in [0, 0.1) is 0 Å². The van der Waals surface area contributed by atoms with E-state index in [0.29, 0.717) is 0 Å². The highest BCUT2D eigenvalue weighted by Crippen LogP contribution is 2.21. The number of hydrogen-bond donors (Lipinski definition) is 1. The first-order valence-electron chi connectivity index (χ1n) is 6.58. The van der Waals surface area contributed by atoms with Gasteiger partial charge in [-0.2, -0.15) is 8.78 Å². The van der Waals surface area contributed by atoms with Gasteiger partial charge < -0.3 is 10.1 Å². The van der Waals surface area contributed by atoms with Crippen molar-refractivity contribution in [1.29, 1.82) is 0 Å². The van der Waals surface area contributed by atoms with Crippen LogP contribution >= 0.6 is 15.9 Å². The number of benzene rings is 2. The molecule has 1 N–H and O–H groups in total. The van der Waals surface area contributed by atoms with E-state index in [9.17, 15) is 8.78 Å². The Morgan fingerprint density at radius 3 is 2.38 bits per heavy atom. The standard InChI is InChI=1S/C16H16BrF2NO/c1-11(20-10-13-4-2-3-5-15(13)17)12-6-8-14(9-7-12)21-16(18)19/h2-9,11,16,20H,10H2,1H3. The molecule has 0 aromatic heterocycles. The van der Waals surface area contributed by atoms with Gasteiger partial charge in [-0.1, -0.05) is 46.3 Å². The lowest BCUT2D eigenvalue weighted by Gasteiger charge is -2.15. The molecule has 0 saturated carbocycles. The monoisotopic (exact) mass is 355 g/mol. The van der Waals surface area contributed by atoms with Crippen molar-refractivity contribution in [3.8, 4) is 5.75 Å². The lowest BCUT2D eigenvalue weighted by molar-refractivity contribution is -0.0498. The number of nitrogens with one attached hydrogen (secondary N) is 1. The van der Waals surface area contributed by atoms with Gasteiger partial charge in [0.1, 0.15) is 5.75 Å². The van der Waals surface area contributed by atoms with Gasteiger partial charge in [0.05, 0.1) is 0 Å². The zero-order chi connectivity index (χ0) is 15.2. The second kappa shape index (κ2) is 7.52. The molecule has 1 atom stereocenters. The highest BCUT2D eigenvalue weighted by Gasteiger charge is 2.08. The summed E-state index contributed by atoms with van der Waals surface area (Å²) in [5.41, 5.74) is 2.19. The number of hydrogen-bond acceptors (Lipinski definition) is 2. The van der Waals surface area contributed by atoms with Crippen molar-refractivity contribution in [2.75, 3.05) is 0 Å². The fourth-order valence-electron chi connectivity index (χ4n) is 1.96. The van der Waals surface area contributed by atoms with Crippen molar-refractivity contribution < 1.29 is 13.5 Å². The van der Waals surface area contributed by atoms with Gasteiger partial charge >= 0.3 is 6.61 Å². The summed E-state index contributed by atoms with van der Waals surface area (Å²) in [5.74, 6) is 0.173. The van der Waals surface area contributed by atoms with E-state index in [1.165, 1.54) is 5.56 Å². The summed E-state index contributed by atoms with van der Waals surface area (Å²) in [7, 11) is 0. The molecule has 5 heteroatoms. The van der Waals surface area contributed by atoms with Crippen LogP contribution in [-0.4, -0.2) is 6.61 Å². The highest BCUT2D eigenvalue weighted by molar-refractivity contribution is 9.10. The predicted molar refractivity (Wildman–Crippen MR) is 82.5 cm³/mol. The number of alkyl halides is 2. The van der Waals surface area contributed by atoms with Gasteiger partial charge in [0.15, 0.2) is 0 Å². The van der Waals surface area contributed by atoms with Crippen LogP contribution in [0.5, 0.6) is 5.75 Å². The molecule has 0 spiro atoms. The second-order valence-electron chi connectivity index (χ2n) is 4.64. The smallest absolute Gasteiger partial charge is 0.387 e. The molecule has 112 valence electrons. The molecule has 2 nitrogen and oxygen atoms in total. The summed E-state index contributed by atoms with van der Waals surface area (Å²) in [6.45, 7) is -0.0423. The Morgan fingerprint density at radius 2 is 1.76 bits per heavy atom. The molecule has 0 saturated heterocycles. The molecule has 0 aliphatic heterocycles. The molecule has 21 heavy (non-hydrogen) atoms. The van der Waals surface area contributed by atoms with Crippen molar-refractivity contribution in [1.82, 2.24) is 5.32 Å². The molecule has 2 aromatic rings. The van der Waals surface area contributed by atoms with Crippen molar-refractivity contribution in [2.45, 2.75) is 26.1 Å². The molecule has 1 unspecified atom stereocenters. The summed E-state index contributed by atoms with van der Waals surface area (Å²) in [6, 6.07) is 14.8. The van der Waals surface area contributed by atoms with E-state index in [2.05, 4.69) is 26.0 Å². The molecule has 0 fully saturated rings. The third-order valence-corrected chi connectivity index (χ3v) is 3.94. The zero-order valence-electron chi connectivity index (χ0n) is 11.5. The maximum absolute atomic E-state index is 12.1. The third kappa shape index (κ3) is 4.79. The van der Waals surface area contributed by atoms with Crippen molar-refractivity contribution in [3.05, 3.63) is 64.1 Å². The van der Waals surface area contributed by atoms with Gasteiger partial charge in [0.25, 0.3) is 0 Å². The summed E-state index contributed by atoms with van der Waals surface area (Å²) in [5, 5.41) is 3.40. The SMILES string of the molecule is CC(NCc1ccccc1Br)c1ccc(OC(F)F)cc1. The number of halogens is 3. The molecule has 2 rings (SSSR count). The van der Waals surface area contributed by atoms with Crippen molar-refractivity contribution >= 4 is 15.9 Å². The second-order valence-corrected chi connectivity index (χ2v) is 5.50. The van der Waals surface area contributed by atoms with Crippen LogP contribution in [0.2, 0.25) is 0 Å². The first-order valence-corrected chi connectivity index (χ1v) is 7.37. The van der Waals surface area contributed by atoms with E-state index in [-0.39, 0.29) is 11.8 Å². The van der Waals surface area contributed by atoms with Crippen LogP contribution in [0.1, 0.15) is 24.1 Å².